The van der Waals surface area contributed by atoms with E-state index < -0.39 is 9.84 Å². The van der Waals surface area contributed by atoms with E-state index in [1.807, 2.05) is 0 Å². The third-order valence-corrected chi connectivity index (χ3v) is 2.15. The van der Waals surface area contributed by atoms with Crippen LogP contribution in [0.1, 0.15) is 5.76 Å². The summed E-state index contributed by atoms with van der Waals surface area (Å²) < 4.78 is 26.5. The van der Waals surface area contributed by atoms with Crippen LogP contribution in [0.5, 0.6) is 0 Å². The number of hydrogen-bond donors (Lipinski definition) is 1. The van der Waals surface area contributed by atoms with Crippen LogP contribution in [0.2, 0.25) is 0 Å². The first-order valence-corrected chi connectivity index (χ1v) is 4.92. The van der Waals surface area contributed by atoms with E-state index in [9.17, 15) is 8.42 Å². The number of nitrogens with two attached hydrogens (primary N) is 1. The molecule has 0 spiro atoms. The maximum absolute atomic E-state index is 10.8. The van der Waals surface area contributed by atoms with Crippen molar-refractivity contribution in [3.05, 3.63) is 17.9 Å². The highest BCUT2D eigenvalue weighted by Crippen LogP contribution is 2.12. The van der Waals surface area contributed by atoms with Crippen LogP contribution in [0.3, 0.4) is 0 Å². The second kappa shape index (κ2) is 3.93. The maximum atomic E-state index is 10.8. The van der Waals surface area contributed by atoms with Crippen LogP contribution in [0, 0.1) is 0 Å². The Kier molecular flexibility index (Phi) is 3.76. The highest BCUT2D eigenvalue weighted by atomic mass is 35.5. The quantitative estimate of drug-likeness (QED) is 0.776. The van der Waals surface area contributed by atoms with Crippen molar-refractivity contribution in [2.75, 3.05) is 6.26 Å². The van der Waals surface area contributed by atoms with Gasteiger partial charge in [0.1, 0.15) is 5.76 Å². The maximum Gasteiger partial charge on any atom is 0.217 e. The monoisotopic (exact) mass is 211 g/mol. The highest BCUT2D eigenvalue weighted by molar-refractivity contribution is 7.90. The van der Waals surface area contributed by atoms with Gasteiger partial charge in [-0.1, -0.05) is 0 Å². The lowest BCUT2D eigenvalue weighted by molar-refractivity contribution is 0.417. The number of hydrogen-bond acceptors (Lipinski definition) is 4. The summed E-state index contributed by atoms with van der Waals surface area (Å²) >= 11 is 0. The fourth-order valence-corrected chi connectivity index (χ4v) is 1.24. The van der Waals surface area contributed by atoms with Gasteiger partial charge in [0.15, 0.2) is 0 Å². The predicted molar refractivity (Wildman–Crippen MR) is 47.0 cm³/mol. The number of halogens is 1. The SMILES string of the molecule is CS(=O)(=O)c1ccc(CN)o1.Cl. The summed E-state index contributed by atoms with van der Waals surface area (Å²) in [5.74, 6) is 0.477. The Hall–Kier alpha value is -0.520. The van der Waals surface area contributed by atoms with Gasteiger partial charge in [-0.3, -0.25) is 0 Å². The molecule has 0 amide bonds. The summed E-state index contributed by atoms with van der Waals surface area (Å²) in [5, 5.41) is -0.0297. The van der Waals surface area contributed by atoms with Gasteiger partial charge in [-0.2, -0.15) is 0 Å². The normalized spacial score (nSPS) is 10.8. The largest absolute Gasteiger partial charge is 0.448 e. The summed E-state index contributed by atoms with van der Waals surface area (Å²) in [5.41, 5.74) is 5.22. The zero-order valence-electron chi connectivity index (χ0n) is 6.48. The van der Waals surface area contributed by atoms with E-state index in [4.69, 9.17) is 10.2 Å². The molecular formula is C6H10ClNO3S. The molecule has 0 aliphatic heterocycles. The summed E-state index contributed by atoms with van der Waals surface area (Å²) in [6, 6.07) is 2.95. The van der Waals surface area contributed by atoms with Gasteiger partial charge < -0.3 is 10.2 Å². The fraction of sp³-hybridized carbons (Fsp3) is 0.333. The first kappa shape index (κ1) is 11.5. The first-order chi connectivity index (χ1) is 5.04. The summed E-state index contributed by atoms with van der Waals surface area (Å²) in [6.07, 6.45) is 1.09. The Balaban J connectivity index is 0.00000121. The lowest BCUT2D eigenvalue weighted by Gasteiger charge is -1.89. The minimum Gasteiger partial charge on any atom is -0.448 e. The van der Waals surface area contributed by atoms with Gasteiger partial charge >= 0.3 is 0 Å². The molecule has 0 aliphatic carbocycles. The van der Waals surface area contributed by atoms with Gasteiger partial charge in [-0.25, -0.2) is 8.42 Å². The highest BCUT2D eigenvalue weighted by Gasteiger charge is 2.11. The standard InChI is InChI=1S/C6H9NO3S.ClH/c1-11(8,9)6-3-2-5(4-7)10-6;/h2-3H,4,7H2,1H3;1H. The molecule has 1 rings (SSSR count). The Labute approximate surface area is 77.1 Å². The molecule has 0 saturated carbocycles. The molecule has 0 radical (unpaired) electrons. The van der Waals surface area contributed by atoms with E-state index in [1.54, 1.807) is 6.07 Å². The van der Waals surface area contributed by atoms with Gasteiger partial charge in [-0.05, 0) is 12.1 Å². The van der Waals surface area contributed by atoms with Crippen molar-refractivity contribution in [3.8, 4) is 0 Å². The van der Waals surface area contributed by atoms with Crippen molar-refractivity contribution in [2.24, 2.45) is 5.73 Å². The van der Waals surface area contributed by atoms with Crippen LogP contribution in [-0.4, -0.2) is 14.7 Å². The van der Waals surface area contributed by atoms with E-state index in [1.165, 1.54) is 6.07 Å². The number of rotatable bonds is 2. The number of furan rings is 1. The second-order valence-electron chi connectivity index (χ2n) is 2.20. The molecule has 12 heavy (non-hydrogen) atoms. The molecular weight excluding hydrogens is 202 g/mol. The van der Waals surface area contributed by atoms with Crippen molar-refractivity contribution < 1.29 is 12.8 Å². The van der Waals surface area contributed by atoms with Crippen molar-refractivity contribution >= 4 is 22.2 Å². The lowest BCUT2D eigenvalue weighted by Crippen LogP contribution is -1.95. The van der Waals surface area contributed by atoms with E-state index in [0.29, 0.717) is 5.76 Å². The summed E-state index contributed by atoms with van der Waals surface area (Å²) in [6.45, 7) is 0.218. The van der Waals surface area contributed by atoms with Crippen molar-refractivity contribution in [3.63, 3.8) is 0 Å². The van der Waals surface area contributed by atoms with E-state index >= 15 is 0 Å². The molecule has 0 atom stereocenters. The summed E-state index contributed by atoms with van der Waals surface area (Å²) in [7, 11) is -3.21. The second-order valence-corrected chi connectivity index (χ2v) is 4.14. The average molecular weight is 212 g/mol. The minimum atomic E-state index is -3.21. The molecule has 1 aromatic heterocycles. The Morgan fingerprint density at radius 1 is 1.50 bits per heavy atom. The zero-order chi connectivity index (χ0) is 8.48. The Morgan fingerprint density at radius 3 is 2.33 bits per heavy atom. The van der Waals surface area contributed by atoms with Gasteiger partial charge in [0, 0.05) is 6.26 Å². The number of sulfone groups is 1. The average Bonchev–Trinajstić information content (AvgIpc) is 2.32. The molecule has 2 N–H and O–H groups in total. The minimum absolute atomic E-state index is 0. The summed E-state index contributed by atoms with van der Waals surface area (Å²) in [4.78, 5) is 0. The van der Waals surface area contributed by atoms with E-state index in [-0.39, 0.29) is 24.0 Å². The lowest BCUT2D eigenvalue weighted by atomic mass is 10.5. The van der Waals surface area contributed by atoms with Crippen LogP contribution < -0.4 is 5.73 Å². The topological polar surface area (TPSA) is 73.3 Å². The Morgan fingerprint density at radius 2 is 2.08 bits per heavy atom. The molecule has 0 aliphatic rings. The fourth-order valence-electron chi connectivity index (χ4n) is 0.667. The van der Waals surface area contributed by atoms with Crippen molar-refractivity contribution in [2.45, 2.75) is 11.6 Å². The molecule has 0 unspecified atom stereocenters. The van der Waals surface area contributed by atoms with Gasteiger partial charge in [0.05, 0.1) is 6.54 Å². The molecule has 1 aromatic rings. The molecule has 70 valence electrons. The molecule has 1 heterocycles. The van der Waals surface area contributed by atoms with Crippen LogP contribution in [-0.2, 0) is 16.4 Å². The van der Waals surface area contributed by atoms with Gasteiger partial charge in [0.2, 0.25) is 14.9 Å². The van der Waals surface area contributed by atoms with Crippen LogP contribution >= 0.6 is 12.4 Å². The van der Waals surface area contributed by atoms with Crippen LogP contribution in [0.4, 0.5) is 0 Å². The van der Waals surface area contributed by atoms with Gasteiger partial charge in [0.25, 0.3) is 0 Å². The third kappa shape index (κ3) is 2.51. The first-order valence-electron chi connectivity index (χ1n) is 3.03. The van der Waals surface area contributed by atoms with Crippen molar-refractivity contribution in [1.82, 2.24) is 0 Å². The molecule has 0 aromatic carbocycles. The van der Waals surface area contributed by atoms with E-state index in [2.05, 4.69) is 0 Å². The Bertz CT molecular complexity index is 343. The van der Waals surface area contributed by atoms with Crippen LogP contribution in [0.15, 0.2) is 21.6 Å². The molecule has 6 heteroatoms. The van der Waals surface area contributed by atoms with E-state index in [0.717, 1.165) is 6.26 Å². The predicted octanol–water partition coefficient (Wildman–Crippen LogP) is 0.564. The third-order valence-electron chi connectivity index (χ3n) is 1.20. The molecule has 4 nitrogen and oxygen atoms in total. The van der Waals surface area contributed by atoms with Crippen molar-refractivity contribution in [1.29, 1.82) is 0 Å². The van der Waals surface area contributed by atoms with Crippen LogP contribution in [0.25, 0.3) is 0 Å². The molecule has 0 bridgehead atoms. The smallest absolute Gasteiger partial charge is 0.217 e. The zero-order valence-corrected chi connectivity index (χ0v) is 8.11. The molecule has 0 saturated heterocycles. The molecule has 0 fully saturated rings. The van der Waals surface area contributed by atoms with Gasteiger partial charge in [-0.15, -0.1) is 12.4 Å².